The number of nitrogen functional groups attached to an aromatic ring is 1. The Kier molecular flexibility index (Phi) is 6.24. The van der Waals surface area contributed by atoms with Gasteiger partial charge in [0.25, 0.3) is 0 Å². The van der Waals surface area contributed by atoms with Crippen LogP contribution in [0.3, 0.4) is 0 Å². The molecule has 1 atom stereocenters. The first-order valence-electron chi connectivity index (χ1n) is 9.04. The van der Waals surface area contributed by atoms with Crippen molar-refractivity contribution in [3.8, 4) is 5.75 Å². The van der Waals surface area contributed by atoms with Gasteiger partial charge >= 0.3 is 0 Å². The van der Waals surface area contributed by atoms with Crippen LogP contribution >= 0.6 is 0 Å². The first-order chi connectivity index (χ1) is 11.9. The van der Waals surface area contributed by atoms with Crippen molar-refractivity contribution in [3.05, 3.63) is 59.7 Å². The fourth-order valence-corrected chi connectivity index (χ4v) is 2.69. The molecule has 0 bridgehead atoms. The predicted molar refractivity (Wildman–Crippen MR) is 104 cm³/mol. The second kappa shape index (κ2) is 8.19. The number of Topliss-reactive ketones (excluding diaryl/α,β-unsaturated/α-hetero) is 1. The van der Waals surface area contributed by atoms with Crippen molar-refractivity contribution < 1.29 is 9.53 Å². The van der Waals surface area contributed by atoms with E-state index in [0.29, 0.717) is 23.4 Å². The standard InChI is InChI=1S/C22H29NO2/c1-5-7-20(25-19-14-12-18(23)13-15-19)21(24)16-8-10-17(11-9-16)22(3,4)6-2/h8-15,20H,5-7,23H2,1-4H3. The van der Waals surface area contributed by atoms with E-state index in [1.807, 2.05) is 12.1 Å². The minimum Gasteiger partial charge on any atom is -0.482 e. The lowest BCUT2D eigenvalue weighted by Crippen LogP contribution is -2.27. The van der Waals surface area contributed by atoms with Gasteiger partial charge in [-0.3, -0.25) is 4.79 Å². The Hall–Kier alpha value is -2.29. The van der Waals surface area contributed by atoms with Crippen LogP contribution in [0.15, 0.2) is 48.5 Å². The van der Waals surface area contributed by atoms with Gasteiger partial charge < -0.3 is 10.5 Å². The van der Waals surface area contributed by atoms with Crippen LogP contribution in [0.1, 0.15) is 62.9 Å². The summed E-state index contributed by atoms with van der Waals surface area (Å²) in [7, 11) is 0. The molecule has 0 aliphatic rings. The van der Waals surface area contributed by atoms with Crippen LogP contribution in [-0.4, -0.2) is 11.9 Å². The zero-order valence-electron chi connectivity index (χ0n) is 15.7. The molecule has 0 aliphatic carbocycles. The second-order valence-electron chi connectivity index (χ2n) is 7.14. The lowest BCUT2D eigenvalue weighted by Gasteiger charge is -2.24. The van der Waals surface area contributed by atoms with E-state index in [1.54, 1.807) is 24.3 Å². The fourth-order valence-electron chi connectivity index (χ4n) is 2.69. The SMILES string of the molecule is CCCC(Oc1ccc(N)cc1)C(=O)c1ccc(C(C)(C)CC)cc1. The summed E-state index contributed by atoms with van der Waals surface area (Å²) in [4.78, 5) is 12.9. The molecule has 2 rings (SSSR count). The molecule has 2 N–H and O–H groups in total. The number of benzene rings is 2. The molecule has 0 radical (unpaired) electrons. The van der Waals surface area contributed by atoms with Crippen LogP contribution in [0.4, 0.5) is 5.69 Å². The van der Waals surface area contributed by atoms with Crippen molar-refractivity contribution in [1.82, 2.24) is 0 Å². The number of hydrogen-bond acceptors (Lipinski definition) is 3. The molecule has 0 fully saturated rings. The summed E-state index contributed by atoms with van der Waals surface area (Å²) in [5.74, 6) is 0.698. The molecule has 0 aromatic heterocycles. The number of ether oxygens (including phenoxy) is 1. The quantitative estimate of drug-likeness (QED) is 0.518. The average Bonchev–Trinajstić information content (AvgIpc) is 2.62. The first kappa shape index (κ1) is 19.0. The number of carbonyl (C=O) groups is 1. The molecule has 134 valence electrons. The Morgan fingerprint density at radius 3 is 2.16 bits per heavy atom. The van der Waals surface area contributed by atoms with Crippen molar-refractivity contribution in [1.29, 1.82) is 0 Å². The Morgan fingerprint density at radius 2 is 1.64 bits per heavy atom. The molecular formula is C22H29NO2. The number of anilines is 1. The van der Waals surface area contributed by atoms with Crippen LogP contribution in [0.2, 0.25) is 0 Å². The number of ketones is 1. The number of hydrogen-bond donors (Lipinski definition) is 1. The third kappa shape index (κ3) is 4.85. The molecule has 0 spiro atoms. The van der Waals surface area contributed by atoms with E-state index in [1.165, 1.54) is 5.56 Å². The van der Waals surface area contributed by atoms with Gasteiger partial charge in [0, 0.05) is 11.3 Å². The number of rotatable bonds is 8. The Bertz CT molecular complexity index is 687. The van der Waals surface area contributed by atoms with Gasteiger partial charge in [0.05, 0.1) is 0 Å². The third-order valence-corrected chi connectivity index (χ3v) is 4.84. The van der Waals surface area contributed by atoms with Gasteiger partial charge in [0.2, 0.25) is 5.78 Å². The number of nitrogens with two attached hydrogens (primary N) is 1. The van der Waals surface area contributed by atoms with Gasteiger partial charge in [-0.1, -0.05) is 58.4 Å². The van der Waals surface area contributed by atoms with E-state index < -0.39 is 6.10 Å². The highest BCUT2D eigenvalue weighted by Gasteiger charge is 2.23. The molecule has 2 aromatic carbocycles. The molecule has 0 saturated heterocycles. The second-order valence-corrected chi connectivity index (χ2v) is 7.14. The van der Waals surface area contributed by atoms with Gasteiger partial charge in [-0.15, -0.1) is 0 Å². The Balaban J connectivity index is 2.17. The van der Waals surface area contributed by atoms with E-state index in [4.69, 9.17) is 10.5 Å². The molecular weight excluding hydrogens is 310 g/mol. The summed E-state index contributed by atoms with van der Waals surface area (Å²) >= 11 is 0. The average molecular weight is 339 g/mol. The zero-order valence-corrected chi connectivity index (χ0v) is 15.7. The smallest absolute Gasteiger partial charge is 0.203 e. The third-order valence-electron chi connectivity index (χ3n) is 4.84. The summed E-state index contributed by atoms with van der Waals surface area (Å²) in [5, 5.41) is 0. The van der Waals surface area contributed by atoms with Gasteiger partial charge in [0.15, 0.2) is 6.10 Å². The summed E-state index contributed by atoms with van der Waals surface area (Å²) in [5.41, 5.74) is 8.45. The topological polar surface area (TPSA) is 52.3 Å². The molecule has 3 heteroatoms. The molecule has 0 aliphatic heterocycles. The summed E-state index contributed by atoms with van der Waals surface area (Å²) in [6, 6.07) is 15.1. The lowest BCUT2D eigenvalue weighted by molar-refractivity contribution is 0.0777. The lowest BCUT2D eigenvalue weighted by atomic mass is 9.82. The van der Waals surface area contributed by atoms with Gasteiger partial charge in [-0.05, 0) is 48.1 Å². The highest BCUT2D eigenvalue weighted by atomic mass is 16.5. The van der Waals surface area contributed by atoms with Crippen molar-refractivity contribution in [3.63, 3.8) is 0 Å². The molecule has 2 aromatic rings. The van der Waals surface area contributed by atoms with Crippen LogP contribution < -0.4 is 10.5 Å². The van der Waals surface area contributed by atoms with Crippen molar-refractivity contribution >= 4 is 11.5 Å². The van der Waals surface area contributed by atoms with E-state index in [2.05, 4.69) is 39.8 Å². The van der Waals surface area contributed by atoms with E-state index >= 15 is 0 Å². The Labute approximate surface area is 151 Å². The fraction of sp³-hybridized carbons (Fsp3) is 0.409. The Morgan fingerprint density at radius 1 is 1.04 bits per heavy atom. The summed E-state index contributed by atoms with van der Waals surface area (Å²) in [6.07, 6.45) is 2.15. The minimum atomic E-state index is -0.473. The van der Waals surface area contributed by atoms with Crippen molar-refractivity contribution in [2.24, 2.45) is 0 Å². The van der Waals surface area contributed by atoms with Gasteiger partial charge in [0.1, 0.15) is 5.75 Å². The van der Waals surface area contributed by atoms with Crippen molar-refractivity contribution in [2.45, 2.75) is 58.5 Å². The molecule has 3 nitrogen and oxygen atoms in total. The minimum absolute atomic E-state index is 0.0273. The highest BCUT2D eigenvalue weighted by molar-refractivity contribution is 5.99. The largest absolute Gasteiger partial charge is 0.482 e. The zero-order chi connectivity index (χ0) is 18.4. The van der Waals surface area contributed by atoms with Crippen molar-refractivity contribution in [2.75, 3.05) is 5.73 Å². The highest BCUT2D eigenvalue weighted by Crippen LogP contribution is 2.27. The maximum absolute atomic E-state index is 12.9. The molecule has 0 amide bonds. The van der Waals surface area contributed by atoms with Crippen LogP contribution in [0.25, 0.3) is 0 Å². The molecule has 25 heavy (non-hydrogen) atoms. The molecule has 0 saturated carbocycles. The molecule has 0 heterocycles. The van der Waals surface area contributed by atoms with E-state index in [9.17, 15) is 4.79 Å². The van der Waals surface area contributed by atoms with Gasteiger partial charge in [-0.25, -0.2) is 0 Å². The maximum atomic E-state index is 12.9. The monoisotopic (exact) mass is 339 g/mol. The summed E-state index contributed by atoms with van der Waals surface area (Å²) in [6.45, 7) is 8.66. The summed E-state index contributed by atoms with van der Waals surface area (Å²) < 4.78 is 5.94. The van der Waals surface area contributed by atoms with Crippen LogP contribution in [-0.2, 0) is 5.41 Å². The first-order valence-corrected chi connectivity index (χ1v) is 9.04. The predicted octanol–water partition coefficient (Wildman–Crippen LogP) is 5.39. The van der Waals surface area contributed by atoms with Gasteiger partial charge in [-0.2, -0.15) is 0 Å². The number of carbonyl (C=O) groups excluding carboxylic acids is 1. The van der Waals surface area contributed by atoms with Crippen LogP contribution in [0, 0.1) is 0 Å². The molecule has 1 unspecified atom stereocenters. The normalized spacial score (nSPS) is 12.6. The van der Waals surface area contributed by atoms with E-state index in [-0.39, 0.29) is 11.2 Å². The van der Waals surface area contributed by atoms with E-state index in [0.717, 1.165) is 12.8 Å². The maximum Gasteiger partial charge on any atom is 0.203 e. The van der Waals surface area contributed by atoms with Crippen LogP contribution in [0.5, 0.6) is 5.75 Å².